The topological polar surface area (TPSA) is 34.1 Å². The molecule has 0 fully saturated rings. The fourth-order valence-electron chi connectivity index (χ4n) is 2.00. The smallest absolute Gasteiger partial charge is 0.157 e. The van der Waals surface area contributed by atoms with Crippen molar-refractivity contribution in [3.63, 3.8) is 0 Å². The number of allylic oxidation sites excluding steroid dienone is 6. The molecule has 0 radical (unpaired) electrons. The zero-order chi connectivity index (χ0) is 11.5. The van der Waals surface area contributed by atoms with Crippen LogP contribution >= 0.6 is 0 Å². The van der Waals surface area contributed by atoms with Crippen molar-refractivity contribution >= 4 is 11.6 Å². The lowest BCUT2D eigenvalue weighted by atomic mass is 9.70. The van der Waals surface area contributed by atoms with E-state index < -0.39 is 5.41 Å². The Bertz CT molecular complexity index is 372. The zero-order valence-corrected chi connectivity index (χ0v) is 9.41. The number of hydrogen-bond acceptors (Lipinski definition) is 2. The van der Waals surface area contributed by atoms with Gasteiger partial charge in [-0.2, -0.15) is 0 Å². The summed E-state index contributed by atoms with van der Waals surface area (Å²) >= 11 is 0. The van der Waals surface area contributed by atoms with Gasteiger partial charge in [-0.05, 0) is 27.2 Å². The van der Waals surface area contributed by atoms with Gasteiger partial charge in [0.2, 0.25) is 0 Å². The summed E-state index contributed by atoms with van der Waals surface area (Å²) in [7, 11) is 0. The Kier molecular flexibility index (Phi) is 3.40. The first kappa shape index (κ1) is 11.6. The van der Waals surface area contributed by atoms with Crippen molar-refractivity contribution in [2.24, 2.45) is 5.41 Å². The van der Waals surface area contributed by atoms with Crippen molar-refractivity contribution in [2.45, 2.75) is 27.2 Å². The minimum atomic E-state index is -0.727. The van der Waals surface area contributed by atoms with Gasteiger partial charge in [-0.3, -0.25) is 9.59 Å². The maximum Gasteiger partial charge on any atom is 0.157 e. The molecule has 0 spiro atoms. The summed E-state index contributed by atoms with van der Waals surface area (Å²) in [6.07, 6.45) is 9.74. The van der Waals surface area contributed by atoms with Gasteiger partial charge in [-0.25, -0.2) is 0 Å². The summed E-state index contributed by atoms with van der Waals surface area (Å²) in [5.41, 5.74) is -0.134. The molecule has 2 nitrogen and oxygen atoms in total. The Morgan fingerprint density at radius 1 is 1.40 bits per heavy atom. The highest BCUT2D eigenvalue weighted by molar-refractivity contribution is 6.04. The van der Waals surface area contributed by atoms with Crippen LogP contribution in [0.4, 0.5) is 0 Å². The first-order valence-electron chi connectivity index (χ1n) is 5.07. The third-order valence-corrected chi connectivity index (χ3v) is 2.78. The van der Waals surface area contributed by atoms with Crippen LogP contribution in [0, 0.1) is 5.41 Å². The molecule has 1 atom stereocenters. The Morgan fingerprint density at radius 2 is 2.07 bits per heavy atom. The van der Waals surface area contributed by atoms with Crippen LogP contribution in [0.1, 0.15) is 27.2 Å². The van der Waals surface area contributed by atoms with Gasteiger partial charge in [0, 0.05) is 5.57 Å². The average Bonchev–Trinajstić information content (AvgIpc) is 2.18. The van der Waals surface area contributed by atoms with E-state index in [0.29, 0.717) is 12.0 Å². The van der Waals surface area contributed by atoms with Crippen LogP contribution < -0.4 is 0 Å². The Labute approximate surface area is 90.4 Å². The lowest BCUT2D eigenvalue weighted by Gasteiger charge is -2.30. The number of ketones is 2. The zero-order valence-electron chi connectivity index (χ0n) is 9.41. The SMILES string of the molecule is C/C=C\C1(C(C)=O)CC=CC=C1C(C)=O. The molecular weight excluding hydrogens is 188 g/mol. The quantitative estimate of drug-likeness (QED) is 0.662. The number of carbonyl (C=O) groups is 2. The van der Waals surface area contributed by atoms with Gasteiger partial charge in [-0.1, -0.05) is 30.4 Å². The Balaban J connectivity index is 3.29. The predicted molar refractivity (Wildman–Crippen MR) is 60.4 cm³/mol. The minimum Gasteiger partial charge on any atom is -0.299 e. The summed E-state index contributed by atoms with van der Waals surface area (Å²) in [6.45, 7) is 4.91. The van der Waals surface area contributed by atoms with Gasteiger partial charge in [-0.15, -0.1) is 0 Å². The van der Waals surface area contributed by atoms with Crippen LogP contribution in [-0.4, -0.2) is 11.6 Å². The molecule has 1 rings (SSSR count). The highest BCUT2D eigenvalue weighted by atomic mass is 16.1. The lowest BCUT2D eigenvalue weighted by Crippen LogP contribution is -2.33. The largest absolute Gasteiger partial charge is 0.299 e. The van der Waals surface area contributed by atoms with Crippen LogP contribution in [0.2, 0.25) is 0 Å². The normalized spacial score (nSPS) is 25.4. The molecule has 1 aliphatic rings. The summed E-state index contributed by atoms with van der Waals surface area (Å²) in [6, 6.07) is 0. The molecule has 0 N–H and O–H groups in total. The second-order valence-electron chi connectivity index (χ2n) is 3.80. The number of rotatable bonds is 3. The van der Waals surface area contributed by atoms with E-state index in [1.807, 2.05) is 31.2 Å². The monoisotopic (exact) mass is 204 g/mol. The van der Waals surface area contributed by atoms with E-state index in [2.05, 4.69) is 0 Å². The van der Waals surface area contributed by atoms with Crippen molar-refractivity contribution in [1.82, 2.24) is 0 Å². The van der Waals surface area contributed by atoms with Gasteiger partial charge in [0.1, 0.15) is 5.78 Å². The van der Waals surface area contributed by atoms with Crippen molar-refractivity contribution in [2.75, 3.05) is 0 Å². The Morgan fingerprint density at radius 3 is 2.53 bits per heavy atom. The van der Waals surface area contributed by atoms with Crippen molar-refractivity contribution in [1.29, 1.82) is 0 Å². The molecule has 0 aliphatic heterocycles. The molecule has 2 heteroatoms. The van der Waals surface area contributed by atoms with Crippen molar-refractivity contribution in [3.8, 4) is 0 Å². The van der Waals surface area contributed by atoms with E-state index in [0.717, 1.165) is 0 Å². The maximum absolute atomic E-state index is 11.7. The molecule has 0 heterocycles. The van der Waals surface area contributed by atoms with Crippen LogP contribution in [0.5, 0.6) is 0 Å². The van der Waals surface area contributed by atoms with Gasteiger partial charge in [0.15, 0.2) is 5.78 Å². The summed E-state index contributed by atoms with van der Waals surface area (Å²) in [5.74, 6) is -0.0148. The third-order valence-electron chi connectivity index (χ3n) is 2.78. The van der Waals surface area contributed by atoms with E-state index in [9.17, 15) is 9.59 Å². The van der Waals surface area contributed by atoms with E-state index in [1.165, 1.54) is 13.8 Å². The first-order chi connectivity index (χ1) is 7.04. The van der Waals surface area contributed by atoms with Gasteiger partial charge in [0.05, 0.1) is 5.41 Å². The standard InChI is InChI=1S/C13H16O2/c1-4-8-13(11(3)15)9-6-5-7-12(13)10(2)14/h4-8H,9H2,1-3H3/b8-4-. The molecule has 80 valence electrons. The third kappa shape index (κ3) is 1.99. The molecule has 0 saturated heterocycles. The minimum absolute atomic E-state index is 0.0198. The van der Waals surface area contributed by atoms with Crippen LogP contribution in [-0.2, 0) is 9.59 Å². The highest BCUT2D eigenvalue weighted by Crippen LogP contribution is 2.37. The Hall–Kier alpha value is -1.44. The summed E-state index contributed by atoms with van der Waals surface area (Å²) in [5, 5.41) is 0. The van der Waals surface area contributed by atoms with Crippen LogP contribution in [0.15, 0.2) is 36.0 Å². The molecule has 0 aromatic rings. The molecule has 1 unspecified atom stereocenters. The first-order valence-corrected chi connectivity index (χ1v) is 5.07. The van der Waals surface area contributed by atoms with Crippen molar-refractivity contribution in [3.05, 3.63) is 36.0 Å². The molecule has 0 aromatic carbocycles. The van der Waals surface area contributed by atoms with E-state index >= 15 is 0 Å². The fourth-order valence-corrected chi connectivity index (χ4v) is 2.00. The number of carbonyl (C=O) groups excluding carboxylic acids is 2. The van der Waals surface area contributed by atoms with Gasteiger partial charge >= 0.3 is 0 Å². The molecule has 0 bridgehead atoms. The molecular formula is C13H16O2. The number of hydrogen-bond donors (Lipinski definition) is 0. The maximum atomic E-state index is 11.7. The van der Waals surface area contributed by atoms with Crippen LogP contribution in [0.25, 0.3) is 0 Å². The molecule has 15 heavy (non-hydrogen) atoms. The molecule has 0 amide bonds. The summed E-state index contributed by atoms with van der Waals surface area (Å²) < 4.78 is 0. The fraction of sp³-hybridized carbons (Fsp3) is 0.385. The number of Topliss-reactive ketones (excluding diaryl/α,β-unsaturated/α-hetero) is 2. The highest BCUT2D eigenvalue weighted by Gasteiger charge is 2.38. The molecule has 1 aliphatic carbocycles. The van der Waals surface area contributed by atoms with Gasteiger partial charge in [0.25, 0.3) is 0 Å². The van der Waals surface area contributed by atoms with E-state index in [1.54, 1.807) is 6.08 Å². The average molecular weight is 204 g/mol. The van der Waals surface area contributed by atoms with E-state index in [4.69, 9.17) is 0 Å². The van der Waals surface area contributed by atoms with Gasteiger partial charge < -0.3 is 0 Å². The molecule has 0 saturated carbocycles. The lowest BCUT2D eigenvalue weighted by molar-refractivity contribution is -0.125. The second-order valence-corrected chi connectivity index (χ2v) is 3.80. The van der Waals surface area contributed by atoms with Crippen molar-refractivity contribution < 1.29 is 9.59 Å². The molecule has 0 aromatic heterocycles. The second kappa shape index (κ2) is 4.39. The summed E-state index contributed by atoms with van der Waals surface area (Å²) in [4.78, 5) is 23.3. The van der Waals surface area contributed by atoms with E-state index in [-0.39, 0.29) is 11.6 Å². The predicted octanol–water partition coefficient (Wildman–Crippen LogP) is 2.61. The van der Waals surface area contributed by atoms with Crippen LogP contribution in [0.3, 0.4) is 0 Å².